The number of hydrogen-bond acceptors (Lipinski definition) is 6. The van der Waals surface area contributed by atoms with Gasteiger partial charge in [0.25, 0.3) is 5.91 Å². The molecule has 3 aromatic heterocycles. The first-order valence-corrected chi connectivity index (χ1v) is 14.7. The molecule has 7 rings (SSSR count). The summed E-state index contributed by atoms with van der Waals surface area (Å²) in [4.78, 5) is 36.6. The molecule has 2 aliphatic rings. The van der Waals surface area contributed by atoms with Crippen LogP contribution in [0.5, 0.6) is 0 Å². The van der Waals surface area contributed by atoms with Crippen LogP contribution < -0.4 is 0 Å². The van der Waals surface area contributed by atoms with E-state index in [0.29, 0.717) is 41.3 Å². The highest BCUT2D eigenvalue weighted by molar-refractivity contribution is 5.94. The number of benzene rings is 2. The minimum absolute atomic E-state index is 0.0715. The quantitative estimate of drug-likeness (QED) is 0.209. The van der Waals surface area contributed by atoms with E-state index in [9.17, 15) is 9.59 Å². The van der Waals surface area contributed by atoms with Crippen molar-refractivity contribution in [1.29, 1.82) is 0 Å². The van der Waals surface area contributed by atoms with E-state index in [2.05, 4.69) is 15.1 Å². The van der Waals surface area contributed by atoms with Gasteiger partial charge in [0.15, 0.2) is 5.65 Å². The maximum absolute atomic E-state index is 15.5. The summed E-state index contributed by atoms with van der Waals surface area (Å²) in [6.07, 6.45) is 0.941. The number of aromatic nitrogens is 4. The van der Waals surface area contributed by atoms with Crippen molar-refractivity contribution in [3.05, 3.63) is 107 Å². The zero-order chi connectivity index (χ0) is 30.5. The highest BCUT2D eigenvalue weighted by atomic mass is 19.1. The fourth-order valence-electron chi connectivity index (χ4n) is 6.13. The van der Waals surface area contributed by atoms with E-state index < -0.39 is 17.9 Å². The van der Waals surface area contributed by atoms with Crippen LogP contribution in [0.2, 0.25) is 0 Å². The van der Waals surface area contributed by atoms with Gasteiger partial charge >= 0.3 is 5.97 Å². The second kappa shape index (κ2) is 10.9. The van der Waals surface area contributed by atoms with Crippen molar-refractivity contribution >= 4 is 17.5 Å². The zero-order valence-electron chi connectivity index (χ0n) is 24.2. The summed E-state index contributed by atoms with van der Waals surface area (Å²) in [5.74, 6) is -1.48. The standard InChI is InChI=1S/C34H29F2N5O3/c1-3-44-34(43)25-15-24(25)20-11-12-23(26(35)14-20)29-17-32-38-30(16-31(41(32)39-29)28-10-6-7-13-37-28)33(42)40-18-27(36)22-9-5-4-8-21(22)19(40)2/h4-14,16-17,19,24-25,27H,3,15,18H2,1-2H3/t19-,24-,25+,27?/m1/s1. The third kappa shape index (κ3) is 4.80. The van der Waals surface area contributed by atoms with E-state index in [1.165, 1.54) is 15.5 Å². The molecule has 1 amide bonds. The number of pyridine rings is 1. The normalized spacial score (nSPS) is 20.8. The number of alkyl halides is 1. The molecule has 222 valence electrons. The van der Waals surface area contributed by atoms with Gasteiger partial charge in [-0.15, -0.1) is 0 Å². The van der Waals surface area contributed by atoms with Crippen LogP contribution in [0.25, 0.3) is 28.3 Å². The summed E-state index contributed by atoms with van der Waals surface area (Å²) in [6, 6.07) is 20.3. The van der Waals surface area contributed by atoms with Crippen LogP contribution in [0.15, 0.2) is 79.0 Å². The largest absolute Gasteiger partial charge is 0.466 e. The van der Waals surface area contributed by atoms with E-state index in [1.54, 1.807) is 61.7 Å². The molecule has 1 aliphatic heterocycles. The van der Waals surface area contributed by atoms with Gasteiger partial charge in [0.05, 0.1) is 42.2 Å². The Bertz CT molecular complexity index is 1910. The first kappa shape index (κ1) is 27.8. The summed E-state index contributed by atoms with van der Waals surface area (Å²) in [7, 11) is 0. The summed E-state index contributed by atoms with van der Waals surface area (Å²) in [5.41, 5.74) is 4.12. The average molecular weight is 594 g/mol. The van der Waals surface area contributed by atoms with Crippen molar-refractivity contribution in [1.82, 2.24) is 24.5 Å². The van der Waals surface area contributed by atoms with Gasteiger partial charge in [-0.3, -0.25) is 14.6 Å². The van der Waals surface area contributed by atoms with Crippen molar-refractivity contribution < 1.29 is 23.1 Å². The number of nitrogens with zero attached hydrogens (tertiary/aromatic N) is 5. The smallest absolute Gasteiger partial charge is 0.309 e. The lowest BCUT2D eigenvalue weighted by molar-refractivity contribution is -0.144. The Hall–Kier alpha value is -4.99. The van der Waals surface area contributed by atoms with Crippen LogP contribution in [0.4, 0.5) is 8.78 Å². The van der Waals surface area contributed by atoms with Gasteiger partial charge in [-0.2, -0.15) is 5.10 Å². The number of carbonyl (C=O) groups excluding carboxylic acids is 2. The van der Waals surface area contributed by atoms with Gasteiger partial charge in [0.1, 0.15) is 17.7 Å². The Labute approximate surface area is 252 Å². The Kier molecular flexibility index (Phi) is 6.91. The average Bonchev–Trinajstić information content (AvgIpc) is 3.74. The maximum Gasteiger partial charge on any atom is 0.309 e. The minimum atomic E-state index is -1.32. The fraction of sp³-hybridized carbons (Fsp3) is 0.265. The molecule has 44 heavy (non-hydrogen) atoms. The molecule has 4 heterocycles. The predicted octanol–water partition coefficient (Wildman–Crippen LogP) is 6.49. The Balaban J connectivity index is 1.26. The van der Waals surface area contributed by atoms with Gasteiger partial charge in [0.2, 0.25) is 0 Å². The van der Waals surface area contributed by atoms with Crippen LogP contribution in [-0.2, 0) is 9.53 Å². The van der Waals surface area contributed by atoms with E-state index >= 15 is 8.78 Å². The molecule has 10 heteroatoms. The van der Waals surface area contributed by atoms with Crippen molar-refractivity contribution in [3.8, 4) is 22.6 Å². The van der Waals surface area contributed by atoms with Crippen LogP contribution in [0.3, 0.4) is 0 Å². The number of esters is 1. The summed E-state index contributed by atoms with van der Waals surface area (Å²) >= 11 is 0. The second-order valence-electron chi connectivity index (χ2n) is 11.2. The molecule has 5 aromatic rings. The summed E-state index contributed by atoms with van der Waals surface area (Å²) in [6.45, 7) is 3.86. The molecular weight excluding hydrogens is 564 g/mol. The number of carbonyl (C=O) groups is 2. The van der Waals surface area contributed by atoms with Crippen molar-refractivity contribution in [2.75, 3.05) is 13.2 Å². The molecule has 8 nitrogen and oxygen atoms in total. The third-order valence-electron chi connectivity index (χ3n) is 8.52. The number of fused-ring (bicyclic) bond motifs is 2. The highest BCUT2D eigenvalue weighted by Gasteiger charge is 2.45. The molecule has 0 bridgehead atoms. The van der Waals surface area contributed by atoms with Crippen molar-refractivity contribution in [2.45, 2.75) is 38.4 Å². The fourth-order valence-corrected chi connectivity index (χ4v) is 6.13. The van der Waals surface area contributed by atoms with Gasteiger partial charge < -0.3 is 9.64 Å². The topological polar surface area (TPSA) is 89.7 Å². The van der Waals surface area contributed by atoms with E-state index in [4.69, 9.17) is 4.74 Å². The number of rotatable bonds is 6. The minimum Gasteiger partial charge on any atom is -0.466 e. The molecule has 1 aliphatic carbocycles. The molecule has 0 N–H and O–H groups in total. The second-order valence-corrected chi connectivity index (χ2v) is 11.2. The van der Waals surface area contributed by atoms with Crippen LogP contribution in [0.1, 0.15) is 65.6 Å². The van der Waals surface area contributed by atoms with Crippen LogP contribution in [0, 0.1) is 11.7 Å². The Morgan fingerprint density at radius 3 is 2.55 bits per heavy atom. The molecule has 0 radical (unpaired) electrons. The first-order valence-electron chi connectivity index (χ1n) is 14.7. The number of ether oxygens (including phenoxy) is 1. The number of halogens is 2. The van der Waals surface area contributed by atoms with Crippen molar-refractivity contribution in [2.24, 2.45) is 5.92 Å². The summed E-state index contributed by atoms with van der Waals surface area (Å²) in [5, 5.41) is 4.66. The molecule has 1 fully saturated rings. The monoisotopic (exact) mass is 593 g/mol. The molecule has 0 spiro atoms. The summed E-state index contributed by atoms with van der Waals surface area (Å²) < 4.78 is 37.3. The number of amides is 1. The molecular formula is C34H29F2N5O3. The molecule has 4 atom stereocenters. The molecule has 0 saturated heterocycles. The lowest BCUT2D eigenvalue weighted by Gasteiger charge is -2.36. The van der Waals surface area contributed by atoms with Gasteiger partial charge in [0, 0.05) is 17.8 Å². The van der Waals surface area contributed by atoms with Crippen LogP contribution >= 0.6 is 0 Å². The van der Waals surface area contributed by atoms with E-state index in [0.717, 1.165) is 11.1 Å². The van der Waals surface area contributed by atoms with E-state index in [-0.39, 0.29) is 41.6 Å². The number of hydrogen-bond donors (Lipinski definition) is 0. The Morgan fingerprint density at radius 2 is 1.80 bits per heavy atom. The van der Waals surface area contributed by atoms with Gasteiger partial charge in [-0.25, -0.2) is 18.3 Å². The van der Waals surface area contributed by atoms with Gasteiger partial charge in [-0.05, 0) is 73.2 Å². The lowest BCUT2D eigenvalue weighted by Crippen LogP contribution is -2.40. The zero-order valence-corrected chi connectivity index (χ0v) is 24.2. The molecule has 1 saturated carbocycles. The maximum atomic E-state index is 15.5. The first-order chi connectivity index (χ1) is 21.3. The SMILES string of the molecule is CCOC(=O)[C@H]1C[C@@H]1c1ccc(-c2cc3nc(C(=O)N4CC(F)c5ccccc5[C@H]4C)cc(-c4ccccn4)n3n2)c(F)c1. The Morgan fingerprint density at radius 1 is 1.00 bits per heavy atom. The molecule has 2 aromatic carbocycles. The lowest BCUT2D eigenvalue weighted by atomic mass is 9.92. The van der Waals surface area contributed by atoms with E-state index in [1.807, 2.05) is 25.1 Å². The third-order valence-corrected chi connectivity index (χ3v) is 8.52. The highest BCUT2D eigenvalue weighted by Crippen LogP contribution is 2.48. The van der Waals surface area contributed by atoms with Crippen LogP contribution in [-0.4, -0.2) is 49.5 Å². The molecule has 1 unspecified atom stereocenters. The predicted molar refractivity (Wildman–Crippen MR) is 159 cm³/mol. The van der Waals surface area contributed by atoms with Gasteiger partial charge in [-0.1, -0.05) is 36.4 Å². The van der Waals surface area contributed by atoms with Crippen molar-refractivity contribution in [3.63, 3.8) is 0 Å².